The molecular weight excluding hydrogens is 267 g/mol. The Balaban J connectivity index is 1.61. The van der Waals surface area contributed by atoms with Crippen molar-refractivity contribution in [2.45, 2.75) is 25.7 Å². The molecule has 1 aromatic carbocycles. The van der Waals surface area contributed by atoms with E-state index in [1.54, 1.807) is 12.1 Å². The van der Waals surface area contributed by atoms with Gasteiger partial charge in [0.15, 0.2) is 6.29 Å². The Morgan fingerprint density at radius 2 is 1.86 bits per heavy atom. The SMILES string of the molecule is O=Cc1cccc(F)c1N1CCC(CN2CCCC2)CC1. The number of hydrogen-bond donors (Lipinski definition) is 0. The van der Waals surface area contributed by atoms with E-state index in [4.69, 9.17) is 0 Å². The molecule has 2 saturated heterocycles. The van der Waals surface area contributed by atoms with Crippen molar-refractivity contribution in [2.75, 3.05) is 37.6 Å². The molecule has 0 atom stereocenters. The lowest BCUT2D eigenvalue weighted by atomic mass is 9.95. The summed E-state index contributed by atoms with van der Waals surface area (Å²) in [7, 11) is 0. The summed E-state index contributed by atoms with van der Waals surface area (Å²) in [6.45, 7) is 5.36. The van der Waals surface area contributed by atoms with Crippen LogP contribution in [0.5, 0.6) is 0 Å². The maximum atomic E-state index is 14.0. The van der Waals surface area contributed by atoms with Gasteiger partial charge in [-0.1, -0.05) is 6.07 Å². The predicted octanol–water partition coefficient (Wildman–Crippen LogP) is 2.95. The van der Waals surface area contributed by atoms with Gasteiger partial charge in [-0.15, -0.1) is 0 Å². The molecule has 0 aliphatic carbocycles. The van der Waals surface area contributed by atoms with Crippen LogP contribution in [0.25, 0.3) is 0 Å². The molecule has 2 fully saturated rings. The van der Waals surface area contributed by atoms with E-state index in [0.717, 1.165) is 32.2 Å². The second-order valence-corrected chi connectivity index (χ2v) is 6.23. The summed E-state index contributed by atoms with van der Waals surface area (Å²) in [6.07, 6.45) is 5.59. The van der Waals surface area contributed by atoms with Gasteiger partial charge in [-0.3, -0.25) is 4.79 Å². The molecule has 114 valence electrons. The minimum atomic E-state index is -0.280. The molecule has 0 saturated carbocycles. The summed E-state index contributed by atoms with van der Waals surface area (Å²) in [5, 5.41) is 0. The molecule has 0 spiro atoms. The molecule has 3 nitrogen and oxygen atoms in total. The fourth-order valence-corrected chi connectivity index (χ4v) is 3.63. The number of carbonyl (C=O) groups is 1. The first-order valence-corrected chi connectivity index (χ1v) is 7.99. The number of likely N-dealkylation sites (tertiary alicyclic amines) is 1. The lowest BCUT2D eigenvalue weighted by Gasteiger charge is -2.35. The van der Waals surface area contributed by atoms with Gasteiger partial charge >= 0.3 is 0 Å². The lowest BCUT2D eigenvalue weighted by molar-refractivity contribution is 0.112. The van der Waals surface area contributed by atoms with Crippen LogP contribution < -0.4 is 4.90 Å². The lowest BCUT2D eigenvalue weighted by Crippen LogP contribution is -2.38. The number of piperidine rings is 1. The van der Waals surface area contributed by atoms with Crippen molar-refractivity contribution in [2.24, 2.45) is 5.92 Å². The Kier molecular flexibility index (Phi) is 4.54. The normalized spacial score (nSPS) is 20.9. The maximum Gasteiger partial charge on any atom is 0.152 e. The number of rotatable bonds is 4. The average Bonchev–Trinajstić information content (AvgIpc) is 3.01. The highest BCUT2D eigenvalue weighted by Gasteiger charge is 2.25. The number of hydrogen-bond acceptors (Lipinski definition) is 3. The Hall–Kier alpha value is -1.42. The number of nitrogens with zero attached hydrogens (tertiary/aromatic N) is 2. The van der Waals surface area contributed by atoms with Gasteiger partial charge < -0.3 is 9.80 Å². The van der Waals surface area contributed by atoms with Crippen molar-refractivity contribution in [3.8, 4) is 0 Å². The quantitative estimate of drug-likeness (QED) is 0.797. The highest BCUT2D eigenvalue weighted by Crippen LogP contribution is 2.29. The zero-order valence-electron chi connectivity index (χ0n) is 12.4. The van der Waals surface area contributed by atoms with Gasteiger partial charge in [0.1, 0.15) is 5.82 Å². The topological polar surface area (TPSA) is 23.6 Å². The summed E-state index contributed by atoms with van der Waals surface area (Å²) in [5.74, 6) is 0.434. The van der Waals surface area contributed by atoms with Crippen LogP contribution in [0, 0.1) is 11.7 Å². The minimum absolute atomic E-state index is 0.280. The van der Waals surface area contributed by atoms with Gasteiger partial charge in [0.2, 0.25) is 0 Å². The summed E-state index contributed by atoms with van der Waals surface area (Å²) in [6, 6.07) is 4.74. The Bertz CT molecular complexity index is 492. The molecule has 0 unspecified atom stereocenters. The van der Waals surface area contributed by atoms with E-state index in [0.29, 0.717) is 17.2 Å². The van der Waals surface area contributed by atoms with E-state index in [2.05, 4.69) is 4.90 Å². The van der Waals surface area contributed by atoms with E-state index in [9.17, 15) is 9.18 Å². The average molecular weight is 290 g/mol. The molecule has 0 aromatic heterocycles. The molecule has 2 heterocycles. The molecule has 0 N–H and O–H groups in total. The molecule has 0 radical (unpaired) electrons. The van der Waals surface area contributed by atoms with Crippen LogP contribution >= 0.6 is 0 Å². The van der Waals surface area contributed by atoms with Gasteiger partial charge in [0.25, 0.3) is 0 Å². The third-order valence-electron chi connectivity index (χ3n) is 4.79. The van der Waals surface area contributed by atoms with Gasteiger partial charge in [-0.05, 0) is 56.8 Å². The maximum absolute atomic E-state index is 14.0. The van der Waals surface area contributed by atoms with Gasteiger partial charge in [-0.2, -0.15) is 0 Å². The number of benzene rings is 1. The number of halogens is 1. The van der Waals surface area contributed by atoms with E-state index < -0.39 is 0 Å². The van der Waals surface area contributed by atoms with Gasteiger partial charge in [0.05, 0.1) is 5.69 Å². The van der Waals surface area contributed by atoms with Crippen molar-refractivity contribution in [1.82, 2.24) is 4.90 Å². The highest BCUT2D eigenvalue weighted by molar-refractivity contribution is 5.84. The molecule has 3 rings (SSSR count). The van der Waals surface area contributed by atoms with Crippen LogP contribution in [-0.2, 0) is 0 Å². The van der Waals surface area contributed by atoms with Crippen LogP contribution in [0.1, 0.15) is 36.0 Å². The zero-order valence-corrected chi connectivity index (χ0v) is 12.4. The fraction of sp³-hybridized carbons (Fsp3) is 0.588. The number of para-hydroxylation sites is 1. The van der Waals surface area contributed by atoms with Crippen LogP contribution in [0.4, 0.5) is 10.1 Å². The summed E-state index contributed by atoms with van der Waals surface area (Å²) >= 11 is 0. The predicted molar refractivity (Wildman–Crippen MR) is 82.4 cm³/mol. The van der Waals surface area contributed by atoms with Gasteiger partial charge in [0, 0.05) is 25.2 Å². The van der Waals surface area contributed by atoms with Crippen molar-refractivity contribution in [1.29, 1.82) is 0 Å². The van der Waals surface area contributed by atoms with E-state index in [1.807, 2.05) is 4.90 Å². The van der Waals surface area contributed by atoms with Crippen LogP contribution in [0.15, 0.2) is 18.2 Å². The van der Waals surface area contributed by atoms with Crippen molar-refractivity contribution in [3.05, 3.63) is 29.6 Å². The molecular formula is C17H23FN2O. The van der Waals surface area contributed by atoms with Crippen LogP contribution in [0.2, 0.25) is 0 Å². The Labute approximate surface area is 125 Å². The smallest absolute Gasteiger partial charge is 0.152 e. The molecule has 0 amide bonds. The van der Waals surface area contributed by atoms with Crippen LogP contribution in [-0.4, -0.2) is 43.9 Å². The summed E-state index contributed by atoms with van der Waals surface area (Å²) in [5.41, 5.74) is 0.958. The third-order valence-corrected chi connectivity index (χ3v) is 4.79. The number of aldehydes is 1. The minimum Gasteiger partial charge on any atom is -0.369 e. The fourth-order valence-electron chi connectivity index (χ4n) is 3.63. The third kappa shape index (κ3) is 3.26. The first-order valence-electron chi connectivity index (χ1n) is 7.99. The molecule has 21 heavy (non-hydrogen) atoms. The molecule has 1 aromatic rings. The molecule has 2 aliphatic heterocycles. The molecule has 4 heteroatoms. The Morgan fingerprint density at radius 3 is 2.52 bits per heavy atom. The summed E-state index contributed by atoms with van der Waals surface area (Å²) < 4.78 is 14.0. The van der Waals surface area contributed by atoms with Gasteiger partial charge in [-0.25, -0.2) is 4.39 Å². The molecule has 0 bridgehead atoms. The second-order valence-electron chi connectivity index (χ2n) is 6.23. The van der Waals surface area contributed by atoms with Crippen molar-refractivity contribution in [3.63, 3.8) is 0 Å². The first kappa shape index (κ1) is 14.5. The largest absolute Gasteiger partial charge is 0.369 e. The standard InChI is InChI=1S/C17H23FN2O/c18-16-5-3-4-15(13-21)17(16)20-10-6-14(7-11-20)12-19-8-1-2-9-19/h3-5,13-14H,1-2,6-12H2. The van der Waals surface area contributed by atoms with E-state index in [1.165, 1.54) is 38.5 Å². The monoisotopic (exact) mass is 290 g/mol. The molecule has 2 aliphatic rings. The van der Waals surface area contributed by atoms with Crippen molar-refractivity contribution >= 4 is 12.0 Å². The van der Waals surface area contributed by atoms with E-state index in [-0.39, 0.29) is 5.82 Å². The van der Waals surface area contributed by atoms with Crippen LogP contribution in [0.3, 0.4) is 0 Å². The van der Waals surface area contributed by atoms with Crippen molar-refractivity contribution < 1.29 is 9.18 Å². The second kappa shape index (κ2) is 6.56. The number of carbonyl (C=O) groups excluding carboxylic acids is 1. The van der Waals surface area contributed by atoms with E-state index >= 15 is 0 Å². The zero-order chi connectivity index (χ0) is 14.7. The Morgan fingerprint density at radius 1 is 1.14 bits per heavy atom. The summed E-state index contributed by atoms with van der Waals surface area (Å²) in [4.78, 5) is 15.7. The highest BCUT2D eigenvalue weighted by atomic mass is 19.1. The first-order chi connectivity index (χ1) is 10.3. The number of anilines is 1.